The molecule has 0 saturated carbocycles. The zero-order valence-electron chi connectivity index (χ0n) is 22.5. The molecule has 5 N–H and O–H groups in total. The van der Waals surface area contributed by atoms with Crippen LogP contribution in [0.3, 0.4) is 0 Å². The Morgan fingerprint density at radius 2 is 1.82 bits per heavy atom. The first-order valence-electron chi connectivity index (χ1n) is 12.3. The Hall–Kier alpha value is -3.38. The van der Waals surface area contributed by atoms with Crippen LogP contribution in [-0.4, -0.2) is 80.6 Å². The Morgan fingerprint density at radius 1 is 1.11 bits per heavy atom. The second kappa shape index (κ2) is 14.0. The van der Waals surface area contributed by atoms with Gasteiger partial charge in [0.1, 0.15) is 10.6 Å². The van der Waals surface area contributed by atoms with E-state index < -0.39 is 17.7 Å². The zero-order valence-corrected chi connectivity index (χ0v) is 23.4. The van der Waals surface area contributed by atoms with Crippen LogP contribution in [0.25, 0.3) is 11.3 Å². The van der Waals surface area contributed by atoms with E-state index in [4.69, 9.17) is 10.5 Å². The number of alkyl carbamates (subject to hydrolysis) is 1. The molecule has 12 heteroatoms. The highest BCUT2D eigenvalue weighted by molar-refractivity contribution is 7.99. The number of aromatic carboxylic acids is 1. The van der Waals surface area contributed by atoms with Crippen molar-refractivity contribution in [2.24, 2.45) is 0 Å². The van der Waals surface area contributed by atoms with Crippen LogP contribution in [0.2, 0.25) is 0 Å². The van der Waals surface area contributed by atoms with E-state index in [-0.39, 0.29) is 37.0 Å². The summed E-state index contributed by atoms with van der Waals surface area (Å²) in [5, 5.41) is 22.1. The van der Waals surface area contributed by atoms with Gasteiger partial charge in [-0.15, -0.1) is 11.8 Å². The number of hydrogen-bond acceptors (Lipinski definition) is 9. The van der Waals surface area contributed by atoms with E-state index in [1.54, 1.807) is 50.8 Å². The molecule has 2 aromatic rings. The Bertz CT molecular complexity index is 1150. The SMILES string of the molecule is Cc1cc(C)c(-c2cc(SCCN(CCO)C(=O)CCCNC(=O)OC(C)(C)C)nc(N)n2)cc1C(=O)O. The predicted octanol–water partition coefficient (Wildman–Crippen LogP) is 3.26. The molecule has 1 aromatic heterocycles. The third kappa shape index (κ3) is 9.82. The number of nitrogens with zero attached hydrogens (tertiary/aromatic N) is 3. The van der Waals surface area contributed by atoms with E-state index in [2.05, 4.69) is 15.3 Å². The van der Waals surface area contributed by atoms with Gasteiger partial charge in [0.25, 0.3) is 0 Å². The van der Waals surface area contributed by atoms with Gasteiger partial charge in [-0.25, -0.2) is 19.6 Å². The second-order valence-corrected chi connectivity index (χ2v) is 10.8. The fourth-order valence-electron chi connectivity index (χ4n) is 3.66. The topological polar surface area (TPSA) is 168 Å². The Balaban J connectivity index is 1.98. The van der Waals surface area contributed by atoms with Gasteiger partial charge < -0.3 is 30.9 Å². The number of aromatic nitrogens is 2. The zero-order chi connectivity index (χ0) is 28.5. The molecule has 0 fully saturated rings. The van der Waals surface area contributed by atoms with Gasteiger partial charge in [-0.3, -0.25) is 4.79 Å². The van der Waals surface area contributed by atoms with Crippen LogP contribution < -0.4 is 11.1 Å². The molecule has 0 aliphatic carbocycles. The minimum Gasteiger partial charge on any atom is -0.478 e. The Labute approximate surface area is 227 Å². The number of carboxylic acid groups (broad SMARTS) is 1. The number of nitrogens with one attached hydrogen (secondary N) is 1. The van der Waals surface area contributed by atoms with E-state index in [0.29, 0.717) is 47.1 Å². The van der Waals surface area contributed by atoms with Crippen molar-refractivity contribution in [3.8, 4) is 11.3 Å². The first-order valence-corrected chi connectivity index (χ1v) is 13.3. The molecular formula is C26H37N5O6S. The molecule has 0 aliphatic heterocycles. The minimum atomic E-state index is -1.02. The fourth-order valence-corrected chi connectivity index (χ4v) is 4.53. The number of carbonyl (C=O) groups is 3. The quantitative estimate of drug-likeness (QED) is 0.176. The average molecular weight is 548 g/mol. The van der Waals surface area contributed by atoms with Gasteiger partial charge in [-0.05, 0) is 64.3 Å². The fraction of sp³-hybridized carbons (Fsp3) is 0.500. The lowest BCUT2D eigenvalue weighted by Gasteiger charge is -2.22. The van der Waals surface area contributed by atoms with E-state index >= 15 is 0 Å². The molecule has 1 aromatic carbocycles. The molecule has 0 radical (unpaired) electrons. The number of carboxylic acids is 1. The van der Waals surface area contributed by atoms with Crippen molar-refractivity contribution in [3.63, 3.8) is 0 Å². The number of aliphatic hydroxyl groups is 1. The van der Waals surface area contributed by atoms with Gasteiger partial charge in [-0.1, -0.05) is 6.07 Å². The largest absolute Gasteiger partial charge is 0.478 e. The lowest BCUT2D eigenvalue weighted by atomic mass is 9.98. The molecule has 2 amide bonds. The number of hydrogen-bond donors (Lipinski definition) is 4. The summed E-state index contributed by atoms with van der Waals surface area (Å²) < 4.78 is 5.17. The van der Waals surface area contributed by atoms with Crippen molar-refractivity contribution in [1.29, 1.82) is 0 Å². The number of rotatable bonds is 12. The molecule has 208 valence electrons. The molecule has 0 saturated heterocycles. The van der Waals surface area contributed by atoms with E-state index in [1.165, 1.54) is 11.8 Å². The normalized spacial score (nSPS) is 11.2. The summed E-state index contributed by atoms with van der Waals surface area (Å²) in [5.41, 5.74) is 8.22. The first-order chi connectivity index (χ1) is 17.8. The van der Waals surface area contributed by atoms with Gasteiger partial charge in [0.2, 0.25) is 11.9 Å². The first kappa shape index (κ1) is 30.8. The molecule has 11 nitrogen and oxygen atoms in total. The number of aryl methyl sites for hydroxylation is 2. The highest BCUT2D eigenvalue weighted by atomic mass is 32.2. The number of anilines is 1. The number of ether oxygens (including phenoxy) is 1. The van der Waals surface area contributed by atoms with E-state index in [1.807, 2.05) is 6.92 Å². The summed E-state index contributed by atoms with van der Waals surface area (Å²) in [4.78, 5) is 46.1. The third-order valence-corrected chi connectivity index (χ3v) is 6.26. The van der Waals surface area contributed by atoms with Gasteiger partial charge in [0.15, 0.2) is 0 Å². The molecule has 1 heterocycles. The van der Waals surface area contributed by atoms with Crippen LogP contribution in [0.5, 0.6) is 0 Å². The lowest BCUT2D eigenvalue weighted by Crippen LogP contribution is -2.36. The lowest BCUT2D eigenvalue weighted by molar-refractivity contribution is -0.131. The average Bonchev–Trinajstić information content (AvgIpc) is 2.79. The highest BCUT2D eigenvalue weighted by Crippen LogP contribution is 2.29. The number of nitrogen functional groups attached to an aromatic ring is 1. The van der Waals surface area contributed by atoms with Crippen LogP contribution in [0, 0.1) is 13.8 Å². The number of thioether (sulfide) groups is 1. The van der Waals surface area contributed by atoms with Crippen LogP contribution in [0.15, 0.2) is 23.2 Å². The summed E-state index contributed by atoms with van der Waals surface area (Å²) in [6, 6.07) is 5.12. The maximum Gasteiger partial charge on any atom is 0.407 e. The molecule has 0 spiro atoms. The number of nitrogens with two attached hydrogens (primary N) is 1. The van der Waals surface area contributed by atoms with Crippen LogP contribution >= 0.6 is 11.8 Å². The monoisotopic (exact) mass is 547 g/mol. The van der Waals surface area contributed by atoms with Crippen molar-refractivity contribution in [3.05, 3.63) is 34.9 Å². The number of carbonyl (C=O) groups excluding carboxylic acids is 2. The maximum atomic E-state index is 12.7. The molecule has 0 bridgehead atoms. The highest BCUT2D eigenvalue weighted by Gasteiger charge is 2.18. The van der Waals surface area contributed by atoms with Crippen LogP contribution in [0.1, 0.15) is 55.1 Å². The Morgan fingerprint density at radius 3 is 2.45 bits per heavy atom. The smallest absolute Gasteiger partial charge is 0.407 e. The van der Waals surface area contributed by atoms with Crippen molar-refractivity contribution in [2.75, 3.05) is 37.7 Å². The summed E-state index contributed by atoms with van der Waals surface area (Å²) in [5.74, 6) is -0.604. The van der Waals surface area contributed by atoms with Crippen molar-refractivity contribution in [1.82, 2.24) is 20.2 Å². The summed E-state index contributed by atoms with van der Waals surface area (Å²) in [6.07, 6.45) is 0.119. The van der Waals surface area contributed by atoms with Gasteiger partial charge in [0.05, 0.1) is 17.9 Å². The van der Waals surface area contributed by atoms with Gasteiger partial charge >= 0.3 is 12.1 Å². The van der Waals surface area contributed by atoms with Gasteiger partial charge in [-0.2, -0.15) is 0 Å². The number of aliphatic hydroxyl groups excluding tert-OH is 1. The van der Waals surface area contributed by atoms with E-state index in [0.717, 1.165) is 5.56 Å². The van der Waals surface area contributed by atoms with Crippen molar-refractivity contribution >= 4 is 35.7 Å². The van der Waals surface area contributed by atoms with Gasteiger partial charge in [0, 0.05) is 37.4 Å². The van der Waals surface area contributed by atoms with Crippen molar-refractivity contribution < 1.29 is 29.3 Å². The maximum absolute atomic E-state index is 12.7. The molecule has 2 rings (SSSR count). The van der Waals surface area contributed by atoms with Crippen LogP contribution in [0.4, 0.5) is 10.7 Å². The molecule has 0 aliphatic rings. The summed E-state index contributed by atoms with van der Waals surface area (Å²) >= 11 is 1.38. The standard InChI is InChI=1S/C26H37N5O6S/c1-16-13-17(2)19(23(34)35)14-18(16)20-15-21(30-24(27)29-20)38-12-10-31(9-11-32)22(33)7-6-8-28-25(36)37-26(3,4)5/h13-15,32H,6-12H2,1-5H3,(H,28,36)(H,34,35)(H2,27,29,30). The van der Waals surface area contributed by atoms with E-state index in [9.17, 15) is 24.6 Å². The number of amides is 2. The third-order valence-electron chi connectivity index (χ3n) is 5.37. The molecule has 38 heavy (non-hydrogen) atoms. The molecule has 0 atom stereocenters. The minimum absolute atomic E-state index is 0.0580. The number of benzene rings is 1. The Kier molecular flexibility index (Phi) is 11.3. The summed E-state index contributed by atoms with van der Waals surface area (Å²) in [6.45, 7) is 9.63. The predicted molar refractivity (Wildman–Crippen MR) is 146 cm³/mol. The second-order valence-electron chi connectivity index (χ2n) is 9.72. The molecule has 0 unspecified atom stereocenters. The van der Waals surface area contributed by atoms with Crippen molar-refractivity contribution in [2.45, 2.75) is 58.1 Å². The van der Waals surface area contributed by atoms with Crippen LogP contribution in [-0.2, 0) is 9.53 Å². The summed E-state index contributed by atoms with van der Waals surface area (Å²) in [7, 11) is 0. The molecular weight excluding hydrogens is 510 g/mol.